The molecule has 3 aromatic heterocycles. The number of hydrogen-bond donors (Lipinski definition) is 2. The number of primary sulfonamides is 1. The van der Waals surface area contributed by atoms with E-state index in [2.05, 4.69) is 10.1 Å². The number of sulfonamides is 1. The first-order chi connectivity index (χ1) is 19.6. The van der Waals surface area contributed by atoms with Gasteiger partial charge in [-0.25, -0.2) is 36.8 Å². The van der Waals surface area contributed by atoms with Gasteiger partial charge in [-0.1, -0.05) is 11.2 Å². The van der Waals surface area contributed by atoms with Crippen molar-refractivity contribution in [1.29, 1.82) is 0 Å². The molecule has 10 nitrogen and oxygen atoms in total. The highest BCUT2D eigenvalue weighted by Crippen LogP contribution is 2.39. The van der Waals surface area contributed by atoms with Crippen LogP contribution in [0.4, 0.5) is 8.78 Å². The zero-order chi connectivity index (χ0) is 28.9. The summed E-state index contributed by atoms with van der Waals surface area (Å²) in [5.41, 5.74) is 3.44. The Hall–Kier alpha value is -4.27. The molecule has 1 saturated carbocycles. The maximum Gasteiger partial charge on any atom is 0.355 e. The second kappa shape index (κ2) is 10.3. The molecule has 0 spiro atoms. The molecule has 41 heavy (non-hydrogen) atoms. The summed E-state index contributed by atoms with van der Waals surface area (Å²) in [6.45, 7) is 0. The number of rotatable bonds is 9. The van der Waals surface area contributed by atoms with E-state index in [1.54, 1.807) is 16.8 Å². The van der Waals surface area contributed by atoms with Gasteiger partial charge in [-0.05, 0) is 61.1 Å². The smallest absolute Gasteiger partial charge is 0.355 e. The molecule has 0 aliphatic heterocycles. The zero-order valence-corrected chi connectivity index (χ0v) is 22.8. The Kier molecular flexibility index (Phi) is 6.76. The van der Waals surface area contributed by atoms with Crippen LogP contribution >= 0.6 is 11.3 Å². The first-order valence-corrected chi connectivity index (χ1v) is 14.8. The van der Waals surface area contributed by atoms with Gasteiger partial charge in [0.15, 0.2) is 5.69 Å². The average Bonchev–Trinajstić information content (AvgIpc) is 3.29. The van der Waals surface area contributed by atoms with Gasteiger partial charge in [0.25, 0.3) is 0 Å². The van der Waals surface area contributed by atoms with Gasteiger partial charge in [-0.15, -0.1) is 11.3 Å². The molecule has 0 radical (unpaired) electrons. The molecule has 1 aliphatic carbocycles. The van der Waals surface area contributed by atoms with Crippen LogP contribution in [0.25, 0.3) is 27.5 Å². The van der Waals surface area contributed by atoms with Gasteiger partial charge < -0.3 is 9.63 Å². The molecule has 1 fully saturated rings. The van der Waals surface area contributed by atoms with Gasteiger partial charge in [0.05, 0.1) is 17.6 Å². The lowest BCUT2D eigenvalue weighted by atomic mass is 9.95. The van der Waals surface area contributed by atoms with E-state index in [1.807, 2.05) is 0 Å². The number of nitrogens with zero attached hydrogens (tertiary/aromatic N) is 4. The van der Waals surface area contributed by atoms with E-state index >= 15 is 0 Å². The predicted molar refractivity (Wildman–Crippen MR) is 144 cm³/mol. The number of aromatic carboxylic acids is 1. The Morgan fingerprint density at radius 1 is 1.15 bits per heavy atom. The van der Waals surface area contributed by atoms with Crippen molar-refractivity contribution in [3.8, 4) is 27.5 Å². The highest BCUT2D eigenvalue weighted by Gasteiger charge is 2.30. The van der Waals surface area contributed by atoms with Crippen molar-refractivity contribution in [3.05, 3.63) is 88.4 Å². The van der Waals surface area contributed by atoms with Crippen molar-refractivity contribution in [2.24, 2.45) is 11.1 Å². The topological polar surface area (TPSA) is 154 Å². The Morgan fingerprint density at radius 3 is 2.59 bits per heavy atom. The minimum atomic E-state index is -4.25. The van der Waals surface area contributed by atoms with Gasteiger partial charge in [-0.2, -0.15) is 5.10 Å². The highest BCUT2D eigenvalue weighted by atomic mass is 32.2. The molecule has 0 saturated heterocycles. The van der Waals surface area contributed by atoms with Crippen LogP contribution in [0.15, 0.2) is 63.7 Å². The van der Waals surface area contributed by atoms with Crippen molar-refractivity contribution in [1.82, 2.24) is 19.9 Å². The fourth-order valence-corrected chi connectivity index (χ4v) is 6.01. The SMILES string of the molecule is NS(=O)(=O)c1ccc(Cc2c(-c3ccc(F)c(-c4cnoc4)c3)nn(-c3nc(C(=O)O)cs3)c2CC2CC2)cc1F. The van der Waals surface area contributed by atoms with Gasteiger partial charge in [0.1, 0.15) is 22.8 Å². The molecular weight excluding hydrogens is 576 g/mol. The number of carboxylic acid groups (broad SMARTS) is 1. The summed E-state index contributed by atoms with van der Waals surface area (Å²) in [5, 5.41) is 24.8. The van der Waals surface area contributed by atoms with E-state index in [4.69, 9.17) is 14.8 Å². The first kappa shape index (κ1) is 26.9. The van der Waals surface area contributed by atoms with Crippen LogP contribution in [-0.4, -0.2) is 39.4 Å². The van der Waals surface area contributed by atoms with Gasteiger partial charge in [0.2, 0.25) is 15.2 Å². The predicted octanol–water partition coefficient (Wildman–Crippen LogP) is 4.82. The Balaban J connectivity index is 1.54. The number of aromatic nitrogens is 4. The standard InChI is InChI=1S/C27H21F2N5O5S2/c28-20-5-4-16(10-18(20)17-11-31-39-12-17)25-19(7-15-3-6-24(21(29)8-15)41(30,37)38)23(9-14-1-2-14)34(33-25)27-32-22(13-40-27)26(35)36/h3-6,8,10-14H,1-2,7,9H2,(H,35,36)(H2,30,37,38). The molecule has 210 valence electrons. The maximum absolute atomic E-state index is 14.8. The van der Waals surface area contributed by atoms with E-state index in [0.29, 0.717) is 45.4 Å². The van der Waals surface area contributed by atoms with E-state index < -0.39 is 32.5 Å². The Labute approximate surface area is 236 Å². The lowest BCUT2D eigenvalue weighted by Crippen LogP contribution is -2.14. The summed E-state index contributed by atoms with van der Waals surface area (Å²) in [6, 6.07) is 8.18. The molecule has 14 heteroatoms. The number of benzene rings is 2. The van der Waals surface area contributed by atoms with E-state index in [1.165, 1.54) is 30.0 Å². The van der Waals surface area contributed by atoms with Crippen LogP contribution < -0.4 is 5.14 Å². The van der Waals surface area contributed by atoms with Gasteiger partial charge >= 0.3 is 5.97 Å². The molecule has 6 rings (SSSR count). The summed E-state index contributed by atoms with van der Waals surface area (Å²) in [7, 11) is -4.25. The maximum atomic E-state index is 14.8. The van der Waals surface area contributed by atoms with Crippen molar-refractivity contribution >= 4 is 27.3 Å². The minimum absolute atomic E-state index is 0.127. The summed E-state index contributed by atoms with van der Waals surface area (Å²) in [4.78, 5) is 15.2. The van der Waals surface area contributed by atoms with Gasteiger partial charge in [-0.3, -0.25) is 0 Å². The van der Waals surface area contributed by atoms with E-state index in [0.717, 1.165) is 42.0 Å². The number of halogens is 2. The number of nitrogens with two attached hydrogens (primary N) is 1. The third-order valence-corrected chi connectivity index (χ3v) is 8.59. The Morgan fingerprint density at radius 2 is 1.95 bits per heavy atom. The second-order valence-corrected chi connectivity index (χ2v) is 12.1. The number of hydrogen-bond acceptors (Lipinski definition) is 8. The molecule has 5 aromatic rings. The second-order valence-electron chi connectivity index (χ2n) is 9.75. The lowest BCUT2D eigenvalue weighted by Gasteiger charge is -2.10. The average molecular weight is 598 g/mol. The van der Waals surface area contributed by atoms with Crippen molar-refractivity contribution < 1.29 is 31.6 Å². The van der Waals surface area contributed by atoms with Crippen LogP contribution in [-0.2, 0) is 22.9 Å². The zero-order valence-electron chi connectivity index (χ0n) is 21.1. The highest BCUT2D eigenvalue weighted by molar-refractivity contribution is 7.89. The molecule has 0 bridgehead atoms. The summed E-state index contributed by atoms with van der Waals surface area (Å²) < 4.78 is 59.6. The van der Waals surface area contributed by atoms with Gasteiger partial charge in [0, 0.05) is 34.1 Å². The van der Waals surface area contributed by atoms with Crippen LogP contribution in [0.1, 0.15) is 40.2 Å². The normalized spacial score (nSPS) is 13.5. The van der Waals surface area contributed by atoms with Crippen LogP contribution in [0.5, 0.6) is 0 Å². The number of carboxylic acids is 1. The molecule has 0 atom stereocenters. The Bertz CT molecular complexity index is 1900. The number of carbonyl (C=O) groups is 1. The first-order valence-electron chi connectivity index (χ1n) is 12.4. The lowest BCUT2D eigenvalue weighted by molar-refractivity contribution is 0.0691. The summed E-state index contributed by atoms with van der Waals surface area (Å²) >= 11 is 1.11. The van der Waals surface area contributed by atoms with Crippen molar-refractivity contribution in [3.63, 3.8) is 0 Å². The summed E-state index contributed by atoms with van der Waals surface area (Å²) in [6.07, 6.45) is 5.46. The molecule has 3 heterocycles. The summed E-state index contributed by atoms with van der Waals surface area (Å²) in [5.74, 6) is -2.28. The van der Waals surface area contributed by atoms with Crippen LogP contribution in [0.2, 0.25) is 0 Å². The van der Waals surface area contributed by atoms with E-state index in [9.17, 15) is 27.1 Å². The third kappa shape index (κ3) is 5.40. The van der Waals surface area contributed by atoms with E-state index in [-0.39, 0.29) is 17.7 Å². The fourth-order valence-electron chi connectivity index (χ4n) is 4.65. The monoisotopic (exact) mass is 597 g/mol. The van der Waals surface area contributed by atoms with Crippen LogP contribution in [0.3, 0.4) is 0 Å². The molecule has 1 aliphatic rings. The molecule has 2 aromatic carbocycles. The quantitative estimate of drug-likeness (QED) is 0.245. The third-order valence-electron chi connectivity index (χ3n) is 6.83. The van der Waals surface area contributed by atoms with Crippen molar-refractivity contribution in [2.45, 2.75) is 30.6 Å². The minimum Gasteiger partial charge on any atom is -0.476 e. The molecule has 3 N–H and O–H groups in total. The number of thiazole rings is 1. The molecule has 0 unspecified atom stereocenters. The van der Waals surface area contributed by atoms with Crippen LogP contribution in [0, 0.1) is 17.6 Å². The van der Waals surface area contributed by atoms with Crippen molar-refractivity contribution in [2.75, 3.05) is 0 Å². The largest absolute Gasteiger partial charge is 0.476 e. The molecule has 0 amide bonds. The molecular formula is C27H21F2N5O5S2. The fraction of sp³-hybridized carbons (Fsp3) is 0.185.